The van der Waals surface area contributed by atoms with E-state index in [9.17, 15) is 13.6 Å². The topological polar surface area (TPSA) is 32.3 Å². The minimum atomic E-state index is -1.06. The summed E-state index contributed by atoms with van der Waals surface area (Å²) in [6.45, 7) is 2.05. The van der Waals surface area contributed by atoms with Crippen LogP contribution in [0.2, 0.25) is 5.02 Å². The molecular weight excluding hydrogens is 274 g/mol. The third-order valence-corrected chi connectivity index (χ3v) is 3.62. The minimum Gasteiger partial charge on any atom is -0.338 e. The number of amides is 1. The van der Waals surface area contributed by atoms with Gasteiger partial charge < -0.3 is 10.2 Å². The molecule has 0 saturated carbocycles. The van der Waals surface area contributed by atoms with Gasteiger partial charge in [0.25, 0.3) is 5.91 Å². The van der Waals surface area contributed by atoms with Gasteiger partial charge in [-0.2, -0.15) is 0 Å². The molecule has 1 aliphatic rings. The molecule has 1 aromatic carbocycles. The molecule has 6 heteroatoms. The van der Waals surface area contributed by atoms with Crippen molar-refractivity contribution in [2.45, 2.75) is 6.42 Å². The fourth-order valence-electron chi connectivity index (χ4n) is 2.33. The van der Waals surface area contributed by atoms with Gasteiger partial charge in [-0.15, -0.1) is 0 Å². The zero-order valence-electron chi connectivity index (χ0n) is 10.5. The zero-order valence-corrected chi connectivity index (χ0v) is 11.3. The first-order valence-electron chi connectivity index (χ1n) is 6.11. The first kappa shape index (κ1) is 14.2. The van der Waals surface area contributed by atoms with Gasteiger partial charge in [-0.3, -0.25) is 4.79 Å². The molecule has 3 nitrogen and oxygen atoms in total. The van der Waals surface area contributed by atoms with E-state index >= 15 is 0 Å². The maximum absolute atomic E-state index is 13.2. The average molecular weight is 289 g/mol. The Morgan fingerprint density at radius 1 is 1.47 bits per heavy atom. The Bertz CT molecular complexity index is 496. The number of nitrogens with zero attached hydrogens (tertiary/aromatic N) is 1. The molecule has 0 aromatic heterocycles. The molecule has 1 aromatic rings. The molecule has 104 valence electrons. The summed E-state index contributed by atoms with van der Waals surface area (Å²) in [5.41, 5.74) is 0.0191. The second-order valence-electron chi connectivity index (χ2n) is 4.71. The molecule has 0 unspecified atom stereocenters. The van der Waals surface area contributed by atoms with Crippen molar-refractivity contribution in [2.75, 3.05) is 26.7 Å². The van der Waals surface area contributed by atoms with Gasteiger partial charge in [0, 0.05) is 13.1 Å². The van der Waals surface area contributed by atoms with Crippen LogP contribution in [-0.2, 0) is 0 Å². The van der Waals surface area contributed by atoms with Crippen LogP contribution in [0.15, 0.2) is 12.1 Å². The summed E-state index contributed by atoms with van der Waals surface area (Å²) in [6.07, 6.45) is 0.897. The highest BCUT2D eigenvalue weighted by molar-refractivity contribution is 6.33. The van der Waals surface area contributed by atoms with E-state index in [1.807, 2.05) is 7.05 Å². The lowest BCUT2D eigenvalue weighted by molar-refractivity contribution is 0.0787. The molecule has 0 bridgehead atoms. The van der Waals surface area contributed by atoms with Gasteiger partial charge in [-0.1, -0.05) is 11.6 Å². The van der Waals surface area contributed by atoms with Crippen LogP contribution in [0.4, 0.5) is 8.78 Å². The molecule has 0 radical (unpaired) electrons. The third-order valence-electron chi connectivity index (χ3n) is 3.31. The van der Waals surface area contributed by atoms with Crippen molar-refractivity contribution in [3.63, 3.8) is 0 Å². The molecule has 1 fully saturated rings. The summed E-state index contributed by atoms with van der Waals surface area (Å²) in [5.74, 6) is -2.06. The minimum absolute atomic E-state index is 0.0191. The van der Waals surface area contributed by atoms with E-state index in [0.717, 1.165) is 25.1 Å². The smallest absolute Gasteiger partial charge is 0.255 e. The third kappa shape index (κ3) is 3.04. The molecule has 1 heterocycles. The van der Waals surface area contributed by atoms with Gasteiger partial charge in [0.15, 0.2) is 11.6 Å². The van der Waals surface area contributed by atoms with E-state index in [0.29, 0.717) is 19.0 Å². The summed E-state index contributed by atoms with van der Waals surface area (Å²) in [5, 5.41) is 3.01. The van der Waals surface area contributed by atoms with Gasteiger partial charge >= 0.3 is 0 Å². The maximum Gasteiger partial charge on any atom is 0.255 e. The number of carbonyl (C=O) groups is 1. The molecule has 0 spiro atoms. The lowest BCUT2D eigenvalue weighted by atomic mass is 10.1. The van der Waals surface area contributed by atoms with Gasteiger partial charge in [0.05, 0.1) is 10.6 Å². The Morgan fingerprint density at radius 3 is 2.84 bits per heavy atom. The van der Waals surface area contributed by atoms with Crippen LogP contribution in [0.1, 0.15) is 16.8 Å². The molecular formula is C13H15ClF2N2O. The standard InChI is InChI=1S/C13H15ClF2N2O/c1-17-6-8-2-3-18(7-8)13(19)9-4-11(15)12(16)5-10(9)14/h4-5,8,17H,2-3,6-7H2,1H3/t8-/m0/s1. The second-order valence-corrected chi connectivity index (χ2v) is 5.12. The van der Waals surface area contributed by atoms with Crippen LogP contribution < -0.4 is 5.32 Å². The summed E-state index contributed by atoms with van der Waals surface area (Å²) in [7, 11) is 1.86. The molecule has 1 saturated heterocycles. The first-order valence-corrected chi connectivity index (χ1v) is 6.49. The summed E-state index contributed by atoms with van der Waals surface area (Å²) < 4.78 is 26.2. The van der Waals surface area contributed by atoms with Gasteiger partial charge in [-0.25, -0.2) is 8.78 Å². The number of carbonyl (C=O) groups excluding carboxylic acids is 1. The maximum atomic E-state index is 13.2. The van der Waals surface area contributed by atoms with Crippen molar-refractivity contribution in [3.05, 3.63) is 34.4 Å². The van der Waals surface area contributed by atoms with Crippen LogP contribution in [0.5, 0.6) is 0 Å². The molecule has 1 amide bonds. The van der Waals surface area contributed by atoms with Crippen LogP contribution >= 0.6 is 11.6 Å². The van der Waals surface area contributed by atoms with E-state index in [4.69, 9.17) is 11.6 Å². The number of hydrogen-bond donors (Lipinski definition) is 1. The largest absolute Gasteiger partial charge is 0.338 e. The number of benzene rings is 1. The van der Waals surface area contributed by atoms with Crippen molar-refractivity contribution in [1.29, 1.82) is 0 Å². The van der Waals surface area contributed by atoms with E-state index < -0.39 is 11.6 Å². The van der Waals surface area contributed by atoms with E-state index in [1.54, 1.807) is 4.90 Å². The highest BCUT2D eigenvalue weighted by atomic mass is 35.5. The Labute approximate surface area is 115 Å². The lowest BCUT2D eigenvalue weighted by Crippen LogP contribution is -2.30. The van der Waals surface area contributed by atoms with Crippen molar-refractivity contribution >= 4 is 17.5 Å². The van der Waals surface area contributed by atoms with E-state index in [-0.39, 0.29) is 16.5 Å². The van der Waals surface area contributed by atoms with Crippen LogP contribution in [0.3, 0.4) is 0 Å². The van der Waals surface area contributed by atoms with Gasteiger partial charge in [-0.05, 0) is 38.1 Å². The molecule has 2 rings (SSSR count). The van der Waals surface area contributed by atoms with Crippen molar-refractivity contribution in [2.24, 2.45) is 5.92 Å². The predicted molar refractivity (Wildman–Crippen MR) is 69.3 cm³/mol. The number of likely N-dealkylation sites (tertiary alicyclic amines) is 1. The number of nitrogens with one attached hydrogen (secondary N) is 1. The zero-order chi connectivity index (χ0) is 14.0. The Kier molecular flexibility index (Phi) is 4.37. The molecule has 1 atom stereocenters. The van der Waals surface area contributed by atoms with Crippen molar-refractivity contribution in [3.8, 4) is 0 Å². The Balaban J connectivity index is 2.15. The summed E-state index contributed by atoms with van der Waals surface area (Å²) in [4.78, 5) is 13.8. The van der Waals surface area contributed by atoms with Crippen LogP contribution in [-0.4, -0.2) is 37.5 Å². The predicted octanol–water partition coefficient (Wildman–Crippen LogP) is 2.30. The average Bonchev–Trinajstić information content (AvgIpc) is 2.82. The SMILES string of the molecule is CNC[C@@H]1CCN(C(=O)c2cc(F)c(F)cc2Cl)C1. The van der Waals surface area contributed by atoms with Gasteiger partial charge in [0.2, 0.25) is 0 Å². The highest BCUT2D eigenvalue weighted by Crippen LogP contribution is 2.24. The molecule has 1 N–H and O–H groups in total. The van der Waals surface area contributed by atoms with E-state index in [1.165, 1.54) is 0 Å². The fourth-order valence-corrected chi connectivity index (χ4v) is 2.56. The van der Waals surface area contributed by atoms with Gasteiger partial charge in [0.1, 0.15) is 0 Å². The molecule has 19 heavy (non-hydrogen) atoms. The number of halogens is 3. The van der Waals surface area contributed by atoms with Crippen molar-refractivity contribution < 1.29 is 13.6 Å². The lowest BCUT2D eigenvalue weighted by Gasteiger charge is -2.17. The first-order chi connectivity index (χ1) is 9.02. The normalized spacial score (nSPS) is 18.9. The number of rotatable bonds is 3. The van der Waals surface area contributed by atoms with Crippen molar-refractivity contribution in [1.82, 2.24) is 10.2 Å². The Hall–Kier alpha value is -1.20. The number of hydrogen-bond acceptors (Lipinski definition) is 2. The summed E-state index contributed by atoms with van der Waals surface area (Å²) >= 11 is 5.81. The van der Waals surface area contributed by atoms with Crippen LogP contribution in [0.25, 0.3) is 0 Å². The monoisotopic (exact) mass is 288 g/mol. The fraction of sp³-hybridized carbons (Fsp3) is 0.462. The molecule has 0 aliphatic carbocycles. The van der Waals surface area contributed by atoms with E-state index in [2.05, 4.69) is 5.32 Å². The Morgan fingerprint density at radius 2 is 2.16 bits per heavy atom. The second kappa shape index (κ2) is 5.84. The highest BCUT2D eigenvalue weighted by Gasteiger charge is 2.28. The summed E-state index contributed by atoms with van der Waals surface area (Å²) in [6, 6.07) is 1.71. The molecule has 1 aliphatic heterocycles. The van der Waals surface area contributed by atoms with Crippen LogP contribution in [0, 0.1) is 17.6 Å². The quantitative estimate of drug-likeness (QED) is 0.866.